The number of aromatic nitrogens is 2. The lowest BCUT2D eigenvalue weighted by Gasteiger charge is -2.11. The highest BCUT2D eigenvalue weighted by molar-refractivity contribution is 5.66. The van der Waals surface area contributed by atoms with Crippen LogP contribution < -0.4 is 10.1 Å². The third kappa shape index (κ3) is 2.49. The molecule has 0 aliphatic carbocycles. The van der Waals surface area contributed by atoms with Gasteiger partial charge in [0.05, 0.1) is 18.5 Å². The van der Waals surface area contributed by atoms with E-state index < -0.39 is 0 Å². The van der Waals surface area contributed by atoms with E-state index >= 15 is 0 Å². The summed E-state index contributed by atoms with van der Waals surface area (Å²) >= 11 is 0. The van der Waals surface area contributed by atoms with E-state index in [2.05, 4.69) is 27.6 Å². The van der Waals surface area contributed by atoms with Crippen LogP contribution in [0.5, 0.6) is 5.75 Å². The van der Waals surface area contributed by atoms with Crippen molar-refractivity contribution in [2.45, 2.75) is 25.8 Å². The standard InChI is InChI=1S/C15H19N3O/c1-2-19-12-7-5-11(6-8-12)13-10-17-18-15(13)14-4-3-9-16-14/h5-8,10,14,16H,2-4,9H2,1H3,(H,17,18). The first-order chi connectivity index (χ1) is 9.38. The second-order valence-corrected chi connectivity index (χ2v) is 4.80. The molecule has 1 unspecified atom stereocenters. The summed E-state index contributed by atoms with van der Waals surface area (Å²) in [4.78, 5) is 0. The van der Waals surface area contributed by atoms with Gasteiger partial charge in [-0.2, -0.15) is 5.10 Å². The summed E-state index contributed by atoms with van der Waals surface area (Å²) < 4.78 is 5.47. The van der Waals surface area contributed by atoms with Gasteiger partial charge >= 0.3 is 0 Å². The van der Waals surface area contributed by atoms with Crippen LogP contribution >= 0.6 is 0 Å². The highest BCUT2D eigenvalue weighted by Crippen LogP contribution is 2.31. The normalized spacial score (nSPS) is 18.7. The number of nitrogens with one attached hydrogen (secondary N) is 2. The van der Waals surface area contributed by atoms with Crippen LogP contribution in [0.25, 0.3) is 11.1 Å². The highest BCUT2D eigenvalue weighted by atomic mass is 16.5. The number of hydrogen-bond acceptors (Lipinski definition) is 3. The zero-order chi connectivity index (χ0) is 13.1. The average molecular weight is 257 g/mol. The summed E-state index contributed by atoms with van der Waals surface area (Å²) in [5, 5.41) is 10.9. The van der Waals surface area contributed by atoms with Gasteiger partial charge in [-0.3, -0.25) is 5.10 Å². The molecule has 1 aliphatic rings. The third-order valence-electron chi connectivity index (χ3n) is 3.55. The number of nitrogens with zero attached hydrogens (tertiary/aromatic N) is 1. The van der Waals surface area contributed by atoms with Crippen LogP contribution in [-0.2, 0) is 0 Å². The van der Waals surface area contributed by atoms with E-state index in [0.29, 0.717) is 12.6 Å². The molecule has 1 atom stereocenters. The van der Waals surface area contributed by atoms with Crippen LogP contribution in [0.15, 0.2) is 30.5 Å². The fourth-order valence-electron chi connectivity index (χ4n) is 2.62. The fourth-order valence-corrected chi connectivity index (χ4v) is 2.62. The van der Waals surface area contributed by atoms with Crippen molar-refractivity contribution in [2.75, 3.05) is 13.2 Å². The molecule has 0 radical (unpaired) electrons. The van der Waals surface area contributed by atoms with Crippen LogP contribution in [0.3, 0.4) is 0 Å². The molecule has 2 heterocycles. The van der Waals surface area contributed by atoms with Crippen molar-refractivity contribution in [3.8, 4) is 16.9 Å². The third-order valence-corrected chi connectivity index (χ3v) is 3.55. The zero-order valence-electron chi connectivity index (χ0n) is 11.1. The van der Waals surface area contributed by atoms with Crippen molar-refractivity contribution in [3.63, 3.8) is 0 Å². The van der Waals surface area contributed by atoms with Crippen molar-refractivity contribution in [1.82, 2.24) is 15.5 Å². The minimum absolute atomic E-state index is 0.407. The Hall–Kier alpha value is -1.81. The number of H-pyrrole nitrogens is 1. The Morgan fingerprint density at radius 3 is 2.84 bits per heavy atom. The molecule has 1 aromatic heterocycles. The van der Waals surface area contributed by atoms with Crippen molar-refractivity contribution in [2.24, 2.45) is 0 Å². The minimum atomic E-state index is 0.407. The summed E-state index contributed by atoms with van der Waals surface area (Å²) in [6.45, 7) is 3.78. The SMILES string of the molecule is CCOc1ccc(-c2cn[nH]c2C2CCCN2)cc1. The number of hydrogen-bond donors (Lipinski definition) is 2. The molecule has 1 saturated heterocycles. The molecule has 2 aromatic rings. The smallest absolute Gasteiger partial charge is 0.119 e. The van der Waals surface area contributed by atoms with E-state index in [1.165, 1.54) is 29.7 Å². The Balaban J connectivity index is 1.87. The van der Waals surface area contributed by atoms with Crippen molar-refractivity contribution in [3.05, 3.63) is 36.2 Å². The predicted octanol–water partition coefficient (Wildman–Crippen LogP) is 2.90. The van der Waals surface area contributed by atoms with Crippen LogP contribution in [0.1, 0.15) is 31.5 Å². The summed E-state index contributed by atoms with van der Waals surface area (Å²) in [6, 6.07) is 8.61. The van der Waals surface area contributed by atoms with Gasteiger partial charge in [-0.05, 0) is 44.0 Å². The van der Waals surface area contributed by atoms with Crippen molar-refractivity contribution >= 4 is 0 Å². The zero-order valence-corrected chi connectivity index (χ0v) is 11.1. The van der Waals surface area contributed by atoms with Gasteiger partial charge in [0.1, 0.15) is 5.75 Å². The van der Waals surface area contributed by atoms with Gasteiger partial charge in [0.15, 0.2) is 0 Å². The first-order valence-corrected chi connectivity index (χ1v) is 6.88. The van der Waals surface area contributed by atoms with Crippen LogP contribution in [0.4, 0.5) is 0 Å². The molecule has 19 heavy (non-hydrogen) atoms. The molecule has 0 amide bonds. The van der Waals surface area contributed by atoms with Gasteiger partial charge in [0, 0.05) is 11.6 Å². The molecule has 1 aromatic carbocycles. The monoisotopic (exact) mass is 257 g/mol. The number of benzene rings is 1. The topological polar surface area (TPSA) is 49.9 Å². The molecule has 0 spiro atoms. The highest BCUT2D eigenvalue weighted by Gasteiger charge is 2.21. The van der Waals surface area contributed by atoms with Crippen molar-refractivity contribution < 1.29 is 4.74 Å². The quantitative estimate of drug-likeness (QED) is 0.885. The van der Waals surface area contributed by atoms with Crippen LogP contribution in [0.2, 0.25) is 0 Å². The fraction of sp³-hybridized carbons (Fsp3) is 0.400. The molecule has 1 fully saturated rings. The van der Waals surface area contributed by atoms with Crippen LogP contribution in [-0.4, -0.2) is 23.3 Å². The van der Waals surface area contributed by atoms with E-state index in [1.54, 1.807) is 0 Å². The van der Waals surface area contributed by atoms with E-state index in [1.807, 2.05) is 25.3 Å². The first kappa shape index (κ1) is 12.2. The molecule has 100 valence electrons. The Kier molecular flexibility index (Phi) is 3.51. The van der Waals surface area contributed by atoms with Gasteiger partial charge in [-0.15, -0.1) is 0 Å². The van der Waals surface area contributed by atoms with Gasteiger partial charge in [-0.1, -0.05) is 12.1 Å². The second-order valence-electron chi connectivity index (χ2n) is 4.80. The van der Waals surface area contributed by atoms with Crippen molar-refractivity contribution in [1.29, 1.82) is 0 Å². The van der Waals surface area contributed by atoms with E-state index in [9.17, 15) is 0 Å². The Labute approximate surface area is 113 Å². The maximum absolute atomic E-state index is 5.47. The van der Waals surface area contributed by atoms with E-state index in [-0.39, 0.29) is 0 Å². The Morgan fingerprint density at radius 2 is 2.16 bits per heavy atom. The molecule has 0 saturated carbocycles. The first-order valence-electron chi connectivity index (χ1n) is 6.88. The largest absolute Gasteiger partial charge is 0.494 e. The molecule has 4 nitrogen and oxygen atoms in total. The maximum Gasteiger partial charge on any atom is 0.119 e. The molecule has 1 aliphatic heterocycles. The molecule has 3 rings (SSSR count). The summed E-state index contributed by atoms with van der Waals surface area (Å²) in [7, 11) is 0. The molecule has 4 heteroatoms. The van der Waals surface area contributed by atoms with E-state index in [0.717, 1.165) is 12.3 Å². The number of rotatable bonds is 4. The van der Waals surface area contributed by atoms with Gasteiger partial charge in [0.2, 0.25) is 0 Å². The molecule has 0 bridgehead atoms. The maximum atomic E-state index is 5.47. The average Bonchev–Trinajstić information content (AvgIpc) is 3.11. The van der Waals surface area contributed by atoms with Gasteiger partial charge < -0.3 is 10.1 Å². The van der Waals surface area contributed by atoms with Crippen LogP contribution in [0, 0.1) is 0 Å². The summed E-state index contributed by atoms with van der Waals surface area (Å²) in [5.74, 6) is 0.912. The summed E-state index contributed by atoms with van der Waals surface area (Å²) in [6.07, 6.45) is 4.31. The lowest BCUT2D eigenvalue weighted by molar-refractivity contribution is 0.340. The predicted molar refractivity (Wildman–Crippen MR) is 75.2 cm³/mol. The lowest BCUT2D eigenvalue weighted by atomic mass is 10.0. The number of ether oxygens (including phenoxy) is 1. The molecule has 2 N–H and O–H groups in total. The molecular formula is C15H19N3O. The van der Waals surface area contributed by atoms with Gasteiger partial charge in [0.25, 0.3) is 0 Å². The Morgan fingerprint density at radius 1 is 1.32 bits per heavy atom. The Bertz CT molecular complexity index is 527. The lowest BCUT2D eigenvalue weighted by Crippen LogP contribution is -2.14. The number of aromatic amines is 1. The van der Waals surface area contributed by atoms with E-state index in [4.69, 9.17) is 4.74 Å². The second kappa shape index (κ2) is 5.45. The molecular weight excluding hydrogens is 238 g/mol. The summed E-state index contributed by atoms with van der Waals surface area (Å²) in [5.41, 5.74) is 3.56. The minimum Gasteiger partial charge on any atom is -0.494 e. The van der Waals surface area contributed by atoms with Gasteiger partial charge in [-0.25, -0.2) is 0 Å².